The quantitative estimate of drug-likeness (QED) is 0.747. The van der Waals surface area contributed by atoms with Gasteiger partial charge in [-0.2, -0.15) is 4.98 Å². The minimum atomic E-state index is -0.142. The first-order chi connectivity index (χ1) is 13.2. The van der Waals surface area contributed by atoms with Crippen molar-refractivity contribution in [2.24, 2.45) is 0 Å². The van der Waals surface area contributed by atoms with Gasteiger partial charge in [-0.3, -0.25) is 4.79 Å². The van der Waals surface area contributed by atoms with Crippen LogP contribution in [-0.4, -0.2) is 16.0 Å². The van der Waals surface area contributed by atoms with Crippen LogP contribution in [0.15, 0.2) is 53.1 Å². The normalized spacial score (nSPS) is 15.8. The van der Waals surface area contributed by atoms with Crippen molar-refractivity contribution in [2.75, 3.05) is 0 Å². The van der Waals surface area contributed by atoms with E-state index >= 15 is 0 Å². The van der Waals surface area contributed by atoms with Crippen LogP contribution in [0.25, 0.3) is 0 Å². The van der Waals surface area contributed by atoms with E-state index in [4.69, 9.17) is 9.26 Å². The molecule has 6 heteroatoms. The molecule has 0 fully saturated rings. The number of aromatic nitrogens is 2. The third-order valence-electron chi connectivity index (χ3n) is 4.73. The van der Waals surface area contributed by atoms with E-state index in [0.717, 1.165) is 19.3 Å². The number of fused-ring (bicyclic) bond motifs is 1. The topological polar surface area (TPSA) is 77.2 Å². The Balaban J connectivity index is 1.49. The second-order valence-electron chi connectivity index (χ2n) is 6.63. The molecule has 1 aliphatic carbocycles. The molecule has 27 heavy (non-hydrogen) atoms. The fourth-order valence-electron chi connectivity index (χ4n) is 3.46. The smallest absolute Gasteiger partial charge is 0.255 e. The second kappa shape index (κ2) is 7.61. The molecule has 0 bridgehead atoms. The van der Waals surface area contributed by atoms with Crippen molar-refractivity contribution in [1.82, 2.24) is 15.5 Å². The van der Waals surface area contributed by atoms with Gasteiger partial charge in [0, 0.05) is 6.92 Å². The zero-order valence-corrected chi connectivity index (χ0v) is 15.1. The SMILES string of the molecule is Cc1nc(COc2ccccc2C(=O)NC2CCCc3ccccc32)no1. The summed E-state index contributed by atoms with van der Waals surface area (Å²) in [6.07, 6.45) is 3.07. The van der Waals surface area contributed by atoms with Crippen molar-refractivity contribution in [3.8, 4) is 5.75 Å². The minimum Gasteiger partial charge on any atom is -0.485 e. The average Bonchev–Trinajstić information content (AvgIpc) is 3.12. The fraction of sp³-hybridized carbons (Fsp3) is 0.286. The van der Waals surface area contributed by atoms with Crippen LogP contribution in [0, 0.1) is 6.92 Å². The maximum Gasteiger partial charge on any atom is 0.255 e. The van der Waals surface area contributed by atoms with Crippen LogP contribution in [0.2, 0.25) is 0 Å². The van der Waals surface area contributed by atoms with Crippen LogP contribution in [-0.2, 0) is 13.0 Å². The number of aryl methyl sites for hydroxylation is 2. The molecule has 4 rings (SSSR count). The van der Waals surface area contributed by atoms with Gasteiger partial charge in [0.1, 0.15) is 5.75 Å². The molecule has 2 aromatic carbocycles. The summed E-state index contributed by atoms with van der Waals surface area (Å²) in [6, 6.07) is 15.5. The second-order valence-corrected chi connectivity index (χ2v) is 6.63. The molecule has 0 aliphatic heterocycles. The number of para-hydroxylation sites is 1. The zero-order chi connectivity index (χ0) is 18.6. The summed E-state index contributed by atoms with van der Waals surface area (Å²) in [5.41, 5.74) is 3.02. The van der Waals surface area contributed by atoms with Crippen molar-refractivity contribution in [3.05, 3.63) is 76.9 Å². The van der Waals surface area contributed by atoms with Gasteiger partial charge in [-0.05, 0) is 42.5 Å². The molecule has 1 unspecified atom stereocenters. The molecule has 1 aliphatic rings. The van der Waals surface area contributed by atoms with E-state index < -0.39 is 0 Å². The summed E-state index contributed by atoms with van der Waals surface area (Å²) in [5.74, 6) is 1.29. The Kier molecular flexibility index (Phi) is 4.87. The number of carbonyl (C=O) groups is 1. The number of hydrogen-bond acceptors (Lipinski definition) is 5. The molecule has 138 valence electrons. The summed E-state index contributed by atoms with van der Waals surface area (Å²) >= 11 is 0. The predicted octanol–water partition coefficient (Wildman–Crippen LogP) is 3.76. The van der Waals surface area contributed by atoms with Crippen LogP contribution in [0.5, 0.6) is 5.75 Å². The standard InChI is InChI=1S/C21H21N3O3/c1-14-22-20(24-27-14)13-26-19-12-5-4-10-17(19)21(25)23-18-11-6-8-15-7-2-3-9-16(15)18/h2-5,7,9-10,12,18H,6,8,11,13H2,1H3,(H,23,25). The Bertz CT molecular complexity index is 951. The van der Waals surface area contributed by atoms with E-state index in [-0.39, 0.29) is 18.6 Å². The highest BCUT2D eigenvalue weighted by molar-refractivity contribution is 5.97. The summed E-state index contributed by atoms with van der Waals surface area (Å²) in [6.45, 7) is 1.87. The van der Waals surface area contributed by atoms with E-state index in [1.807, 2.05) is 24.3 Å². The van der Waals surface area contributed by atoms with Crippen molar-refractivity contribution < 1.29 is 14.1 Å². The minimum absolute atomic E-state index is 0.0235. The van der Waals surface area contributed by atoms with Gasteiger partial charge in [0.2, 0.25) is 11.7 Å². The summed E-state index contributed by atoms with van der Waals surface area (Å²) in [5, 5.41) is 6.98. The van der Waals surface area contributed by atoms with Crippen molar-refractivity contribution >= 4 is 5.91 Å². The number of hydrogen-bond donors (Lipinski definition) is 1. The predicted molar refractivity (Wildman–Crippen MR) is 99.4 cm³/mol. The Hall–Kier alpha value is -3.15. The van der Waals surface area contributed by atoms with E-state index in [0.29, 0.717) is 23.0 Å². The monoisotopic (exact) mass is 363 g/mol. The molecule has 1 aromatic heterocycles. The first kappa shape index (κ1) is 17.3. The third kappa shape index (κ3) is 3.84. The highest BCUT2D eigenvalue weighted by Crippen LogP contribution is 2.30. The lowest BCUT2D eigenvalue weighted by Gasteiger charge is -2.26. The van der Waals surface area contributed by atoms with Crippen LogP contribution >= 0.6 is 0 Å². The lowest BCUT2D eigenvalue weighted by molar-refractivity contribution is 0.0928. The van der Waals surface area contributed by atoms with Gasteiger partial charge in [-0.1, -0.05) is 41.6 Å². The van der Waals surface area contributed by atoms with Gasteiger partial charge in [0.25, 0.3) is 5.91 Å². The maximum atomic E-state index is 12.9. The fourth-order valence-corrected chi connectivity index (χ4v) is 3.46. The van der Waals surface area contributed by atoms with Crippen LogP contribution in [0.1, 0.15) is 52.1 Å². The Morgan fingerprint density at radius 1 is 1.22 bits per heavy atom. The van der Waals surface area contributed by atoms with Gasteiger partial charge in [-0.25, -0.2) is 0 Å². The molecular formula is C21H21N3O3. The number of rotatable bonds is 5. The van der Waals surface area contributed by atoms with Crippen LogP contribution in [0.4, 0.5) is 0 Å². The van der Waals surface area contributed by atoms with Crippen molar-refractivity contribution in [3.63, 3.8) is 0 Å². The molecule has 1 atom stereocenters. The van der Waals surface area contributed by atoms with Crippen molar-refractivity contribution in [1.29, 1.82) is 0 Å². The Morgan fingerprint density at radius 2 is 2.04 bits per heavy atom. The summed E-state index contributed by atoms with van der Waals surface area (Å²) in [4.78, 5) is 17.0. The number of benzene rings is 2. The lowest BCUT2D eigenvalue weighted by Crippen LogP contribution is -2.31. The number of ether oxygens (including phenoxy) is 1. The third-order valence-corrected chi connectivity index (χ3v) is 4.73. The summed E-state index contributed by atoms with van der Waals surface area (Å²) in [7, 11) is 0. The first-order valence-corrected chi connectivity index (χ1v) is 9.10. The van der Waals surface area contributed by atoms with Gasteiger partial charge in [0.05, 0.1) is 11.6 Å². The highest BCUT2D eigenvalue weighted by Gasteiger charge is 2.23. The molecule has 1 N–H and O–H groups in total. The van der Waals surface area contributed by atoms with Crippen LogP contribution < -0.4 is 10.1 Å². The zero-order valence-electron chi connectivity index (χ0n) is 15.1. The molecule has 1 amide bonds. The Morgan fingerprint density at radius 3 is 2.89 bits per heavy atom. The Labute approximate surface area is 157 Å². The number of carbonyl (C=O) groups excluding carboxylic acids is 1. The molecule has 3 aromatic rings. The van der Waals surface area contributed by atoms with Gasteiger partial charge in [0.15, 0.2) is 6.61 Å². The number of nitrogens with zero attached hydrogens (tertiary/aromatic N) is 2. The summed E-state index contributed by atoms with van der Waals surface area (Å²) < 4.78 is 10.7. The van der Waals surface area contributed by atoms with Crippen LogP contribution in [0.3, 0.4) is 0 Å². The van der Waals surface area contributed by atoms with E-state index in [1.165, 1.54) is 11.1 Å². The first-order valence-electron chi connectivity index (χ1n) is 9.10. The molecule has 6 nitrogen and oxygen atoms in total. The van der Waals surface area contributed by atoms with E-state index in [1.54, 1.807) is 19.1 Å². The largest absolute Gasteiger partial charge is 0.485 e. The molecule has 1 heterocycles. The lowest BCUT2D eigenvalue weighted by atomic mass is 9.87. The van der Waals surface area contributed by atoms with Crippen molar-refractivity contribution in [2.45, 2.75) is 38.8 Å². The molecule has 0 saturated heterocycles. The molecule has 0 spiro atoms. The van der Waals surface area contributed by atoms with E-state index in [9.17, 15) is 4.79 Å². The molecule has 0 radical (unpaired) electrons. The van der Waals surface area contributed by atoms with Gasteiger partial charge >= 0.3 is 0 Å². The van der Waals surface area contributed by atoms with Gasteiger partial charge < -0.3 is 14.6 Å². The van der Waals surface area contributed by atoms with E-state index in [2.05, 4.69) is 27.6 Å². The average molecular weight is 363 g/mol. The maximum absolute atomic E-state index is 12.9. The van der Waals surface area contributed by atoms with Gasteiger partial charge in [-0.15, -0.1) is 0 Å². The highest BCUT2D eigenvalue weighted by atomic mass is 16.5. The number of nitrogens with one attached hydrogen (secondary N) is 1. The number of amides is 1. The molecule has 0 saturated carbocycles. The molecular weight excluding hydrogens is 342 g/mol.